The van der Waals surface area contributed by atoms with E-state index in [0.29, 0.717) is 10.6 Å². The summed E-state index contributed by atoms with van der Waals surface area (Å²) in [6, 6.07) is 12.0. The van der Waals surface area contributed by atoms with Crippen molar-refractivity contribution in [3.63, 3.8) is 0 Å². The number of halogens is 1. The fourth-order valence-electron chi connectivity index (χ4n) is 5.29. The summed E-state index contributed by atoms with van der Waals surface area (Å²) < 4.78 is 7.60. The number of benzene rings is 2. The van der Waals surface area contributed by atoms with Crippen molar-refractivity contribution in [3.8, 4) is 11.4 Å². The molecule has 0 bridgehead atoms. The van der Waals surface area contributed by atoms with E-state index in [4.69, 9.17) is 16.3 Å². The Labute approximate surface area is 182 Å². The summed E-state index contributed by atoms with van der Waals surface area (Å²) in [5.74, 6) is 0.722. The number of piperidine rings is 1. The van der Waals surface area contributed by atoms with Gasteiger partial charge in [0.25, 0.3) is 0 Å². The predicted molar refractivity (Wildman–Crippen MR) is 122 cm³/mol. The maximum Gasteiger partial charge on any atom is 0.144 e. The Morgan fingerprint density at radius 2 is 1.97 bits per heavy atom. The highest BCUT2D eigenvalue weighted by molar-refractivity contribution is 6.32. The zero-order chi connectivity index (χ0) is 20.7. The van der Waals surface area contributed by atoms with Crippen LogP contribution in [0.1, 0.15) is 31.2 Å². The number of nitrogens with zero attached hydrogens (tertiary/aromatic N) is 2. The highest BCUT2D eigenvalue weighted by atomic mass is 35.5. The van der Waals surface area contributed by atoms with Gasteiger partial charge in [-0.25, -0.2) is 0 Å². The Morgan fingerprint density at radius 1 is 1.13 bits per heavy atom. The Balaban J connectivity index is 1.53. The van der Waals surface area contributed by atoms with Gasteiger partial charge in [0, 0.05) is 41.5 Å². The van der Waals surface area contributed by atoms with Gasteiger partial charge in [0.2, 0.25) is 0 Å². The molecule has 1 aromatic heterocycles. The summed E-state index contributed by atoms with van der Waals surface area (Å²) in [4.78, 5) is 2.43. The molecule has 2 N–H and O–H groups in total. The van der Waals surface area contributed by atoms with Gasteiger partial charge in [-0.2, -0.15) is 0 Å². The molecular weight excluding hydrogens is 398 g/mol. The monoisotopic (exact) mass is 425 g/mol. The topological polar surface area (TPSA) is 49.7 Å². The Bertz CT molecular complexity index is 1060. The van der Waals surface area contributed by atoms with Crippen LogP contribution < -0.4 is 15.0 Å². The molecule has 2 aliphatic rings. The van der Waals surface area contributed by atoms with E-state index in [1.54, 1.807) is 7.11 Å². The molecule has 158 valence electrons. The number of anilines is 1. The lowest BCUT2D eigenvalue weighted by Gasteiger charge is -2.41. The molecule has 0 radical (unpaired) electrons. The molecule has 5 rings (SSSR count). The Morgan fingerprint density at radius 3 is 2.67 bits per heavy atom. The first kappa shape index (κ1) is 19.7. The van der Waals surface area contributed by atoms with Gasteiger partial charge in [-0.3, -0.25) is 0 Å². The van der Waals surface area contributed by atoms with Crippen LogP contribution in [0.15, 0.2) is 42.6 Å². The third kappa shape index (κ3) is 3.16. The molecule has 3 heterocycles. The van der Waals surface area contributed by atoms with Gasteiger partial charge in [-0.05, 0) is 62.6 Å². The molecule has 0 aliphatic carbocycles. The number of para-hydroxylation sites is 1. The number of methoxy groups -OCH3 is 1. The maximum atomic E-state index is 10.3. The lowest BCUT2D eigenvalue weighted by Crippen LogP contribution is -2.50. The average Bonchev–Trinajstić information content (AvgIpc) is 3.41. The van der Waals surface area contributed by atoms with Gasteiger partial charge in [-0.15, -0.1) is 0 Å². The molecule has 2 aliphatic heterocycles. The molecule has 0 saturated carbocycles. The van der Waals surface area contributed by atoms with E-state index >= 15 is 0 Å². The van der Waals surface area contributed by atoms with Gasteiger partial charge in [-0.1, -0.05) is 17.7 Å². The minimum Gasteiger partial charge on any atom is -0.495 e. The molecule has 1 spiro atoms. The van der Waals surface area contributed by atoms with Crippen molar-refractivity contribution >= 4 is 28.2 Å². The second-order valence-corrected chi connectivity index (χ2v) is 8.84. The quantitative estimate of drug-likeness (QED) is 0.645. The highest BCUT2D eigenvalue weighted by Gasteiger charge is 2.37. The minimum absolute atomic E-state index is 0.0102. The zero-order valence-corrected chi connectivity index (χ0v) is 18.1. The SMILES string of the molecule is COc1cccc(Cl)c1-n1ccc2c(CO)c(N3CCC4(CCCN4)CC3)ccc21. The zero-order valence-electron chi connectivity index (χ0n) is 17.3. The van der Waals surface area contributed by atoms with E-state index in [2.05, 4.69) is 28.4 Å². The Kier molecular flexibility index (Phi) is 5.13. The lowest BCUT2D eigenvalue weighted by atomic mass is 9.86. The molecule has 0 unspecified atom stereocenters. The van der Waals surface area contributed by atoms with E-state index in [-0.39, 0.29) is 6.61 Å². The number of hydrogen-bond acceptors (Lipinski definition) is 4. The van der Waals surface area contributed by atoms with Crippen LogP contribution in [0.2, 0.25) is 5.02 Å². The molecule has 2 fully saturated rings. The molecule has 0 amide bonds. The number of hydrogen-bond donors (Lipinski definition) is 2. The highest BCUT2D eigenvalue weighted by Crippen LogP contribution is 2.38. The molecule has 6 heteroatoms. The van der Waals surface area contributed by atoms with Gasteiger partial charge < -0.3 is 24.6 Å². The summed E-state index contributed by atoms with van der Waals surface area (Å²) in [7, 11) is 1.65. The third-order valence-electron chi connectivity index (χ3n) is 6.92. The Hall–Kier alpha value is -2.21. The minimum atomic E-state index is 0.0102. The van der Waals surface area contributed by atoms with Crippen LogP contribution in [0.25, 0.3) is 16.6 Å². The van der Waals surface area contributed by atoms with Crippen molar-refractivity contribution < 1.29 is 9.84 Å². The molecule has 2 aromatic carbocycles. The van der Waals surface area contributed by atoms with Gasteiger partial charge in [0.15, 0.2) is 0 Å². The standard InChI is InChI=1S/C24H28ClN3O2/c1-30-22-5-2-4-19(25)23(22)28-13-8-17-18(16-29)20(6-7-21(17)28)27-14-10-24(11-15-27)9-3-12-26-24/h2,4-8,13,26,29H,3,9-12,14-16H2,1H3. The molecule has 0 atom stereocenters. The molecule has 5 nitrogen and oxygen atoms in total. The summed E-state index contributed by atoms with van der Waals surface area (Å²) in [5.41, 5.74) is 4.29. The van der Waals surface area contributed by atoms with Gasteiger partial charge >= 0.3 is 0 Å². The fourth-order valence-corrected chi connectivity index (χ4v) is 5.55. The van der Waals surface area contributed by atoms with Crippen LogP contribution in [0.3, 0.4) is 0 Å². The number of rotatable bonds is 4. The van der Waals surface area contributed by atoms with Crippen molar-refractivity contribution in [2.75, 3.05) is 31.6 Å². The number of ether oxygens (including phenoxy) is 1. The average molecular weight is 426 g/mol. The largest absolute Gasteiger partial charge is 0.495 e. The first-order valence-electron chi connectivity index (χ1n) is 10.7. The summed E-state index contributed by atoms with van der Waals surface area (Å²) in [6.07, 6.45) is 6.90. The first-order chi connectivity index (χ1) is 14.7. The number of aromatic nitrogens is 1. The smallest absolute Gasteiger partial charge is 0.144 e. The summed E-state index contributed by atoms with van der Waals surface area (Å²) in [6.45, 7) is 3.19. The van der Waals surface area contributed by atoms with Crippen LogP contribution in [0.5, 0.6) is 5.75 Å². The number of aliphatic hydroxyl groups is 1. The van der Waals surface area contributed by atoms with Crippen LogP contribution in [-0.4, -0.2) is 42.0 Å². The second-order valence-electron chi connectivity index (χ2n) is 8.43. The molecule has 2 saturated heterocycles. The van der Waals surface area contributed by atoms with Crippen molar-refractivity contribution in [3.05, 3.63) is 53.2 Å². The van der Waals surface area contributed by atoms with Crippen molar-refractivity contribution in [2.24, 2.45) is 0 Å². The van der Waals surface area contributed by atoms with Crippen molar-refractivity contribution in [2.45, 2.75) is 37.8 Å². The van der Waals surface area contributed by atoms with Crippen LogP contribution in [0, 0.1) is 0 Å². The predicted octanol–water partition coefficient (Wildman–Crippen LogP) is 4.51. The second kappa shape index (κ2) is 7.80. The number of fused-ring (bicyclic) bond motifs is 1. The van der Waals surface area contributed by atoms with Crippen molar-refractivity contribution in [1.29, 1.82) is 0 Å². The van der Waals surface area contributed by atoms with Crippen LogP contribution >= 0.6 is 11.6 Å². The summed E-state index contributed by atoms with van der Waals surface area (Å²) in [5, 5.41) is 15.7. The van der Waals surface area contributed by atoms with E-state index < -0.39 is 0 Å². The van der Waals surface area contributed by atoms with Gasteiger partial charge in [0.05, 0.1) is 24.3 Å². The van der Waals surface area contributed by atoms with Gasteiger partial charge in [0.1, 0.15) is 11.4 Å². The van der Waals surface area contributed by atoms with Crippen LogP contribution in [0.4, 0.5) is 5.69 Å². The van der Waals surface area contributed by atoms with Crippen molar-refractivity contribution in [1.82, 2.24) is 9.88 Å². The molecule has 30 heavy (non-hydrogen) atoms. The normalized spacial score (nSPS) is 18.4. The first-order valence-corrected chi connectivity index (χ1v) is 11.1. The number of nitrogens with one attached hydrogen (secondary N) is 1. The van der Waals surface area contributed by atoms with E-state index in [1.807, 2.05) is 29.0 Å². The maximum absolute atomic E-state index is 10.3. The third-order valence-corrected chi connectivity index (χ3v) is 7.23. The fraction of sp³-hybridized carbons (Fsp3) is 0.417. The lowest BCUT2D eigenvalue weighted by molar-refractivity contribution is 0.280. The van der Waals surface area contributed by atoms with Crippen LogP contribution in [-0.2, 0) is 6.61 Å². The van der Waals surface area contributed by atoms with E-state index in [0.717, 1.165) is 66.1 Å². The van der Waals surface area contributed by atoms with E-state index in [1.165, 1.54) is 12.8 Å². The molecule has 3 aromatic rings. The molecular formula is C24H28ClN3O2. The summed E-state index contributed by atoms with van der Waals surface area (Å²) >= 11 is 6.52. The van der Waals surface area contributed by atoms with E-state index in [9.17, 15) is 5.11 Å². The number of aliphatic hydroxyl groups excluding tert-OH is 1.